The minimum absolute atomic E-state index is 0.529. The molecule has 0 aromatic heterocycles. The molecule has 2 atom stereocenters. The molecular weight excluding hydrogens is 218 g/mol. The third-order valence-electron chi connectivity index (χ3n) is 4.02. The Bertz CT molecular complexity index is 444. The molecule has 18 heavy (non-hydrogen) atoms. The molecule has 1 aliphatic heterocycles. The van der Waals surface area contributed by atoms with E-state index in [-0.39, 0.29) is 0 Å². The third kappa shape index (κ3) is 2.56. The van der Waals surface area contributed by atoms with E-state index in [0.717, 1.165) is 0 Å². The van der Waals surface area contributed by atoms with Crippen molar-refractivity contribution >= 4 is 0 Å². The second kappa shape index (κ2) is 5.53. The van der Waals surface area contributed by atoms with Crippen LogP contribution in [0.2, 0.25) is 0 Å². The third-order valence-corrected chi connectivity index (χ3v) is 4.02. The van der Waals surface area contributed by atoms with Crippen LogP contribution in [0.25, 0.3) is 0 Å². The van der Waals surface area contributed by atoms with Crippen molar-refractivity contribution in [3.05, 3.63) is 59.7 Å². The van der Waals surface area contributed by atoms with Crippen LogP contribution in [0, 0.1) is 0 Å². The van der Waals surface area contributed by atoms with Crippen LogP contribution >= 0.6 is 0 Å². The number of hydrogen-bond acceptors (Lipinski definition) is 1. The van der Waals surface area contributed by atoms with Gasteiger partial charge in [0.15, 0.2) is 0 Å². The van der Waals surface area contributed by atoms with E-state index in [1.807, 2.05) is 0 Å². The first kappa shape index (κ1) is 11.7. The largest absolute Gasteiger partial charge is 0.303 e. The Morgan fingerprint density at radius 2 is 1.78 bits per heavy atom. The maximum Gasteiger partial charge on any atom is 0.0325 e. The van der Waals surface area contributed by atoms with E-state index in [1.54, 1.807) is 0 Å². The molecule has 1 saturated heterocycles. The van der Waals surface area contributed by atoms with E-state index in [1.165, 1.54) is 43.2 Å². The van der Waals surface area contributed by atoms with Crippen molar-refractivity contribution in [2.45, 2.75) is 44.2 Å². The van der Waals surface area contributed by atoms with Crippen LogP contribution in [-0.2, 0) is 0 Å². The molecule has 3 rings (SSSR count). The summed E-state index contributed by atoms with van der Waals surface area (Å²) in [6.45, 7) is 0. The molecule has 1 aromatic rings. The van der Waals surface area contributed by atoms with Gasteiger partial charge < -0.3 is 5.32 Å². The second-order valence-corrected chi connectivity index (χ2v) is 5.30. The summed E-state index contributed by atoms with van der Waals surface area (Å²) in [6, 6.07) is 11.9. The lowest BCUT2D eigenvalue weighted by atomic mass is 9.88. The molecule has 1 aliphatic carbocycles. The molecular formula is C17H21N. The van der Waals surface area contributed by atoms with Gasteiger partial charge in [-0.25, -0.2) is 0 Å². The lowest BCUT2D eigenvalue weighted by Gasteiger charge is -2.33. The summed E-state index contributed by atoms with van der Waals surface area (Å²) in [5, 5.41) is 3.82. The molecule has 1 heteroatoms. The molecule has 1 aromatic carbocycles. The summed E-state index contributed by atoms with van der Waals surface area (Å²) in [5.74, 6) is 0. The molecule has 0 amide bonds. The molecule has 0 radical (unpaired) electrons. The van der Waals surface area contributed by atoms with Crippen molar-refractivity contribution in [2.24, 2.45) is 0 Å². The Balaban J connectivity index is 1.72. The summed E-state index contributed by atoms with van der Waals surface area (Å²) < 4.78 is 0. The molecule has 0 saturated carbocycles. The molecule has 1 N–H and O–H groups in total. The van der Waals surface area contributed by atoms with E-state index >= 15 is 0 Å². The highest BCUT2D eigenvalue weighted by molar-refractivity contribution is 5.29. The van der Waals surface area contributed by atoms with Gasteiger partial charge in [-0.05, 0) is 43.2 Å². The Labute approximate surface area is 110 Å². The first-order chi connectivity index (χ1) is 8.93. The fourth-order valence-corrected chi connectivity index (χ4v) is 3.04. The summed E-state index contributed by atoms with van der Waals surface area (Å²) in [6.07, 6.45) is 13.3. The van der Waals surface area contributed by atoms with Gasteiger partial charge in [-0.3, -0.25) is 0 Å². The summed E-state index contributed by atoms with van der Waals surface area (Å²) in [7, 11) is 0. The number of rotatable bonds is 2. The highest BCUT2D eigenvalue weighted by Gasteiger charge is 2.23. The van der Waals surface area contributed by atoms with Crippen molar-refractivity contribution in [1.82, 2.24) is 5.32 Å². The molecule has 0 spiro atoms. The van der Waals surface area contributed by atoms with Gasteiger partial charge in [0, 0.05) is 12.1 Å². The average molecular weight is 239 g/mol. The Hall–Kier alpha value is -1.34. The van der Waals surface area contributed by atoms with Crippen LogP contribution < -0.4 is 5.32 Å². The first-order valence-electron chi connectivity index (χ1n) is 7.11. The Morgan fingerprint density at radius 3 is 2.56 bits per heavy atom. The number of piperidine rings is 1. The molecule has 2 unspecified atom stereocenters. The standard InChI is InChI=1S/C17H21N/c1-3-8-14(9-4-1)16-12-7-13-17(18-16)15-10-5-2-6-11-15/h1,3-5,8-11,16-18H,2,6-7,12-13H2. The minimum Gasteiger partial charge on any atom is -0.303 e. The monoisotopic (exact) mass is 239 g/mol. The van der Waals surface area contributed by atoms with Gasteiger partial charge in [0.1, 0.15) is 0 Å². The summed E-state index contributed by atoms with van der Waals surface area (Å²) >= 11 is 0. The van der Waals surface area contributed by atoms with E-state index in [4.69, 9.17) is 0 Å². The number of allylic oxidation sites excluding steroid dienone is 2. The quantitative estimate of drug-likeness (QED) is 0.817. The van der Waals surface area contributed by atoms with Gasteiger partial charge >= 0.3 is 0 Å². The second-order valence-electron chi connectivity index (χ2n) is 5.30. The fraction of sp³-hybridized carbons (Fsp3) is 0.412. The predicted octanol–water partition coefficient (Wildman–Crippen LogP) is 4.15. The molecule has 0 bridgehead atoms. The van der Waals surface area contributed by atoms with Crippen LogP contribution in [-0.4, -0.2) is 6.04 Å². The van der Waals surface area contributed by atoms with Gasteiger partial charge in [0.05, 0.1) is 0 Å². The zero-order chi connectivity index (χ0) is 12.2. The maximum atomic E-state index is 3.82. The van der Waals surface area contributed by atoms with Crippen LogP contribution in [0.3, 0.4) is 0 Å². The SMILES string of the molecule is C1=CC(C2CCCC(c3ccccc3)N2)=CCC1. The smallest absolute Gasteiger partial charge is 0.0325 e. The van der Waals surface area contributed by atoms with Gasteiger partial charge in [0.2, 0.25) is 0 Å². The molecule has 1 nitrogen and oxygen atoms in total. The van der Waals surface area contributed by atoms with Crippen molar-refractivity contribution in [1.29, 1.82) is 0 Å². The van der Waals surface area contributed by atoms with Crippen LogP contribution in [0.15, 0.2) is 54.1 Å². The highest BCUT2D eigenvalue weighted by Crippen LogP contribution is 2.29. The van der Waals surface area contributed by atoms with E-state index < -0.39 is 0 Å². The molecule has 94 valence electrons. The van der Waals surface area contributed by atoms with Crippen molar-refractivity contribution in [2.75, 3.05) is 0 Å². The Morgan fingerprint density at radius 1 is 0.944 bits per heavy atom. The van der Waals surface area contributed by atoms with E-state index in [2.05, 4.69) is 53.9 Å². The van der Waals surface area contributed by atoms with Gasteiger partial charge in [0.25, 0.3) is 0 Å². The summed E-state index contributed by atoms with van der Waals surface area (Å²) in [4.78, 5) is 0. The Kier molecular flexibility index (Phi) is 3.61. The zero-order valence-electron chi connectivity index (χ0n) is 10.8. The minimum atomic E-state index is 0.529. The lowest BCUT2D eigenvalue weighted by molar-refractivity contribution is 0.355. The van der Waals surface area contributed by atoms with Gasteiger partial charge in [-0.15, -0.1) is 0 Å². The van der Waals surface area contributed by atoms with Crippen molar-refractivity contribution in [3.8, 4) is 0 Å². The number of nitrogens with one attached hydrogen (secondary N) is 1. The van der Waals surface area contributed by atoms with Crippen molar-refractivity contribution in [3.63, 3.8) is 0 Å². The van der Waals surface area contributed by atoms with Gasteiger partial charge in [-0.2, -0.15) is 0 Å². The molecule has 1 heterocycles. The van der Waals surface area contributed by atoms with Gasteiger partial charge in [-0.1, -0.05) is 48.6 Å². The predicted molar refractivity (Wildman–Crippen MR) is 76.4 cm³/mol. The number of benzene rings is 1. The summed E-state index contributed by atoms with van der Waals surface area (Å²) in [5.41, 5.74) is 2.93. The van der Waals surface area contributed by atoms with E-state index in [9.17, 15) is 0 Å². The molecule has 1 fully saturated rings. The van der Waals surface area contributed by atoms with Crippen molar-refractivity contribution < 1.29 is 0 Å². The zero-order valence-corrected chi connectivity index (χ0v) is 10.8. The van der Waals surface area contributed by atoms with Crippen LogP contribution in [0.5, 0.6) is 0 Å². The molecule has 2 aliphatic rings. The fourth-order valence-electron chi connectivity index (χ4n) is 3.04. The normalized spacial score (nSPS) is 27.9. The van der Waals surface area contributed by atoms with E-state index in [0.29, 0.717) is 12.1 Å². The topological polar surface area (TPSA) is 12.0 Å². The highest BCUT2D eigenvalue weighted by atomic mass is 15.0. The maximum absolute atomic E-state index is 3.82. The lowest BCUT2D eigenvalue weighted by Crippen LogP contribution is -2.38. The number of hydrogen-bond donors (Lipinski definition) is 1. The van der Waals surface area contributed by atoms with Crippen LogP contribution in [0.1, 0.15) is 43.7 Å². The van der Waals surface area contributed by atoms with Crippen LogP contribution in [0.4, 0.5) is 0 Å². The first-order valence-corrected chi connectivity index (χ1v) is 7.11. The average Bonchev–Trinajstić information content (AvgIpc) is 2.49.